The van der Waals surface area contributed by atoms with Crippen LogP contribution in [0, 0.1) is 5.92 Å². The highest BCUT2D eigenvalue weighted by Gasteiger charge is 2.21. The Morgan fingerprint density at radius 3 is 2.68 bits per heavy atom. The molecule has 1 aliphatic rings. The fraction of sp³-hybridized carbons (Fsp3) is 0.417. The Kier molecular flexibility index (Phi) is 7.26. The minimum absolute atomic E-state index is 0.451. The molecule has 0 saturated carbocycles. The van der Waals surface area contributed by atoms with E-state index in [4.69, 9.17) is 9.52 Å². The molecule has 31 heavy (non-hydrogen) atoms. The number of likely N-dealkylation sites (tertiary alicyclic amines) is 1. The van der Waals surface area contributed by atoms with Crippen LogP contribution in [0.3, 0.4) is 0 Å². The smallest absolute Gasteiger partial charge is 0.276 e. The van der Waals surface area contributed by atoms with Crippen LogP contribution in [-0.2, 0) is 12.8 Å². The second-order valence-electron chi connectivity index (χ2n) is 7.84. The van der Waals surface area contributed by atoms with Gasteiger partial charge in [0.2, 0.25) is 0 Å². The Bertz CT molecular complexity index is 948. The third-order valence-corrected chi connectivity index (χ3v) is 5.57. The van der Waals surface area contributed by atoms with E-state index in [1.807, 2.05) is 18.2 Å². The van der Waals surface area contributed by atoms with E-state index in [1.165, 1.54) is 24.8 Å². The molecular weight excluding hydrogens is 388 g/mol. The number of benzene rings is 1. The Balaban J connectivity index is 1.29. The summed E-state index contributed by atoms with van der Waals surface area (Å²) in [5.41, 5.74) is 2.13. The lowest BCUT2D eigenvalue weighted by molar-refractivity contribution is 0.259. The Labute approximate surface area is 183 Å². The molecule has 1 aromatic carbocycles. The van der Waals surface area contributed by atoms with Gasteiger partial charge in [0.05, 0.1) is 0 Å². The second-order valence-corrected chi connectivity index (χ2v) is 7.84. The molecule has 0 atom stereocenters. The van der Waals surface area contributed by atoms with Crippen molar-refractivity contribution in [3.8, 4) is 11.6 Å². The van der Waals surface area contributed by atoms with Gasteiger partial charge in [-0.2, -0.15) is 4.98 Å². The zero-order valence-electron chi connectivity index (χ0n) is 18.1. The predicted octanol–water partition coefficient (Wildman–Crippen LogP) is 3.59. The molecule has 1 saturated heterocycles. The van der Waals surface area contributed by atoms with Crippen molar-refractivity contribution in [2.75, 3.05) is 26.2 Å². The van der Waals surface area contributed by atoms with Gasteiger partial charge in [0.1, 0.15) is 5.69 Å². The molecule has 2 aromatic heterocycles. The molecule has 0 bridgehead atoms. The fourth-order valence-corrected chi connectivity index (χ4v) is 3.93. The quantitative estimate of drug-likeness (QED) is 0.467. The summed E-state index contributed by atoms with van der Waals surface area (Å²) in [5, 5.41) is 7.50. The van der Waals surface area contributed by atoms with E-state index in [-0.39, 0.29) is 0 Å². The first kappa shape index (κ1) is 21.0. The van der Waals surface area contributed by atoms with Crippen LogP contribution in [0.4, 0.5) is 0 Å². The van der Waals surface area contributed by atoms with Gasteiger partial charge in [0.15, 0.2) is 11.8 Å². The van der Waals surface area contributed by atoms with Crippen LogP contribution < -0.4 is 5.32 Å². The number of piperidine rings is 1. The highest BCUT2D eigenvalue weighted by Crippen LogP contribution is 2.21. The molecule has 1 aliphatic heterocycles. The van der Waals surface area contributed by atoms with Gasteiger partial charge in [-0.05, 0) is 49.8 Å². The largest absolute Gasteiger partial charge is 0.357 e. The summed E-state index contributed by atoms with van der Waals surface area (Å²) in [4.78, 5) is 15.9. The zero-order valence-corrected chi connectivity index (χ0v) is 18.1. The zero-order chi connectivity index (χ0) is 21.3. The lowest BCUT2D eigenvalue weighted by atomic mass is 9.90. The number of hydrogen-bond donors (Lipinski definition) is 1. The summed E-state index contributed by atoms with van der Waals surface area (Å²) in [5.74, 6) is 2.83. The SMILES string of the molecule is CCNC(=NCCc1noc(-c2ccccn2)n1)N1CCC(Cc2ccccc2)CC1. The normalized spacial score (nSPS) is 15.3. The number of aliphatic imine (C=N–C) groups is 1. The average Bonchev–Trinajstić information content (AvgIpc) is 3.29. The number of guanidine groups is 1. The van der Waals surface area contributed by atoms with Crippen molar-refractivity contribution in [2.24, 2.45) is 10.9 Å². The number of nitrogens with zero attached hydrogens (tertiary/aromatic N) is 5. The summed E-state index contributed by atoms with van der Waals surface area (Å²) in [6.07, 6.45) is 5.90. The number of rotatable bonds is 7. The first-order valence-electron chi connectivity index (χ1n) is 11.1. The van der Waals surface area contributed by atoms with Crippen LogP contribution in [0.15, 0.2) is 64.2 Å². The highest BCUT2D eigenvalue weighted by molar-refractivity contribution is 5.80. The Morgan fingerprint density at radius 1 is 1.13 bits per heavy atom. The van der Waals surface area contributed by atoms with Gasteiger partial charge in [0, 0.05) is 38.8 Å². The summed E-state index contributed by atoms with van der Waals surface area (Å²) >= 11 is 0. The van der Waals surface area contributed by atoms with Crippen molar-refractivity contribution in [2.45, 2.75) is 32.6 Å². The number of nitrogens with one attached hydrogen (secondary N) is 1. The Morgan fingerprint density at radius 2 is 1.94 bits per heavy atom. The number of aromatic nitrogens is 3. The van der Waals surface area contributed by atoms with Crippen LogP contribution in [0.2, 0.25) is 0 Å². The molecule has 0 amide bonds. The highest BCUT2D eigenvalue weighted by atomic mass is 16.5. The van der Waals surface area contributed by atoms with E-state index in [0.29, 0.717) is 30.4 Å². The molecule has 0 unspecified atom stereocenters. The average molecular weight is 419 g/mol. The predicted molar refractivity (Wildman–Crippen MR) is 122 cm³/mol. The first-order chi connectivity index (χ1) is 15.3. The maximum atomic E-state index is 5.33. The maximum absolute atomic E-state index is 5.33. The molecule has 0 radical (unpaired) electrons. The topological polar surface area (TPSA) is 79.4 Å². The molecule has 4 rings (SSSR count). The van der Waals surface area contributed by atoms with E-state index in [1.54, 1.807) is 6.20 Å². The van der Waals surface area contributed by atoms with Gasteiger partial charge >= 0.3 is 0 Å². The van der Waals surface area contributed by atoms with E-state index in [9.17, 15) is 0 Å². The summed E-state index contributed by atoms with van der Waals surface area (Å²) in [6.45, 7) is 5.66. The molecule has 3 heterocycles. The van der Waals surface area contributed by atoms with Crippen molar-refractivity contribution >= 4 is 5.96 Å². The molecule has 0 spiro atoms. The van der Waals surface area contributed by atoms with Crippen LogP contribution in [0.1, 0.15) is 31.2 Å². The van der Waals surface area contributed by atoms with Crippen molar-refractivity contribution in [1.29, 1.82) is 0 Å². The lowest BCUT2D eigenvalue weighted by Gasteiger charge is -2.34. The van der Waals surface area contributed by atoms with Gasteiger partial charge in [-0.3, -0.25) is 9.98 Å². The second kappa shape index (κ2) is 10.7. The summed E-state index contributed by atoms with van der Waals surface area (Å²) in [7, 11) is 0. The van der Waals surface area contributed by atoms with E-state index in [2.05, 4.69) is 62.6 Å². The van der Waals surface area contributed by atoms with E-state index >= 15 is 0 Å². The Hall–Kier alpha value is -3.22. The third-order valence-electron chi connectivity index (χ3n) is 5.57. The number of pyridine rings is 1. The van der Waals surface area contributed by atoms with Gasteiger partial charge in [-0.25, -0.2) is 0 Å². The van der Waals surface area contributed by atoms with Crippen LogP contribution in [-0.4, -0.2) is 52.2 Å². The van der Waals surface area contributed by atoms with Crippen LogP contribution in [0.5, 0.6) is 0 Å². The van der Waals surface area contributed by atoms with Gasteiger partial charge < -0.3 is 14.7 Å². The van der Waals surface area contributed by atoms with Crippen molar-refractivity contribution in [1.82, 2.24) is 25.3 Å². The van der Waals surface area contributed by atoms with Crippen LogP contribution >= 0.6 is 0 Å². The molecule has 1 N–H and O–H groups in total. The fourth-order valence-electron chi connectivity index (χ4n) is 3.93. The van der Waals surface area contributed by atoms with Gasteiger partial charge in [-0.1, -0.05) is 41.6 Å². The van der Waals surface area contributed by atoms with Gasteiger partial charge in [-0.15, -0.1) is 0 Å². The minimum Gasteiger partial charge on any atom is -0.357 e. The molecule has 0 aliphatic carbocycles. The summed E-state index contributed by atoms with van der Waals surface area (Å²) < 4.78 is 5.33. The molecule has 7 nitrogen and oxygen atoms in total. The molecule has 3 aromatic rings. The molecule has 1 fully saturated rings. The van der Waals surface area contributed by atoms with Crippen molar-refractivity contribution in [3.63, 3.8) is 0 Å². The van der Waals surface area contributed by atoms with Gasteiger partial charge in [0.25, 0.3) is 5.89 Å². The summed E-state index contributed by atoms with van der Waals surface area (Å²) in [6, 6.07) is 16.4. The molecular formula is C24H30N6O. The molecule has 162 valence electrons. The first-order valence-corrected chi connectivity index (χ1v) is 11.1. The third kappa shape index (κ3) is 5.90. The van der Waals surface area contributed by atoms with Crippen LogP contribution in [0.25, 0.3) is 11.6 Å². The number of hydrogen-bond acceptors (Lipinski definition) is 5. The monoisotopic (exact) mass is 418 g/mol. The van der Waals surface area contributed by atoms with E-state index < -0.39 is 0 Å². The molecule has 7 heteroatoms. The van der Waals surface area contributed by atoms with E-state index in [0.717, 1.165) is 31.5 Å². The minimum atomic E-state index is 0.451. The van der Waals surface area contributed by atoms with Crippen molar-refractivity contribution in [3.05, 3.63) is 66.1 Å². The lowest BCUT2D eigenvalue weighted by Crippen LogP contribution is -2.46. The maximum Gasteiger partial charge on any atom is 0.276 e. The van der Waals surface area contributed by atoms with Crippen molar-refractivity contribution < 1.29 is 4.52 Å². The standard InChI is InChI=1S/C24H30N6O/c1-2-25-24(30-16-12-20(13-17-30)18-19-8-4-3-5-9-19)27-15-11-22-28-23(31-29-22)21-10-6-7-14-26-21/h3-10,14,20H,2,11-13,15-18H2,1H3,(H,25,27).